The SMILES string of the molecule is CCNC(=O)COc1cc(-c2cc(Oc3ccc(S(C)(=O)=O)cc3)cc(OC(C)COC)c2)[nH]n1. The average molecular weight is 504 g/mol. The Morgan fingerprint density at radius 2 is 1.80 bits per heavy atom. The lowest BCUT2D eigenvalue weighted by molar-refractivity contribution is -0.123. The first-order valence-corrected chi connectivity index (χ1v) is 12.8. The van der Waals surface area contributed by atoms with Crippen molar-refractivity contribution in [3.05, 3.63) is 48.5 Å². The number of nitrogens with one attached hydrogen (secondary N) is 2. The van der Waals surface area contributed by atoms with Gasteiger partial charge in [0.2, 0.25) is 5.88 Å². The standard InChI is InChI=1S/C24H29N3O7S/c1-5-25-23(28)15-32-24-13-22(26-27-24)17-10-19(33-16(2)14-31-3)12-20(11-17)34-18-6-8-21(9-7-18)35(4,29)30/h6-13,16H,5,14-15H2,1-4H3,(H,25,28)(H,26,27). The molecule has 1 unspecified atom stereocenters. The van der Waals surface area contributed by atoms with Gasteiger partial charge in [-0.15, -0.1) is 5.10 Å². The van der Waals surface area contributed by atoms with Crippen molar-refractivity contribution in [1.29, 1.82) is 0 Å². The smallest absolute Gasteiger partial charge is 0.257 e. The van der Waals surface area contributed by atoms with Crippen LogP contribution in [0.2, 0.25) is 0 Å². The van der Waals surface area contributed by atoms with Gasteiger partial charge >= 0.3 is 0 Å². The molecule has 188 valence electrons. The van der Waals surface area contributed by atoms with Gasteiger partial charge in [-0.2, -0.15) is 0 Å². The van der Waals surface area contributed by atoms with E-state index < -0.39 is 9.84 Å². The molecule has 3 rings (SSSR count). The fourth-order valence-electron chi connectivity index (χ4n) is 3.16. The van der Waals surface area contributed by atoms with Gasteiger partial charge in [-0.1, -0.05) is 0 Å². The highest BCUT2D eigenvalue weighted by molar-refractivity contribution is 7.90. The summed E-state index contributed by atoms with van der Waals surface area (Å²) < 4.78 is 46.0. The lowest BCUT2D eigenvalue weighted by atomic mass is 10.1. The highest BCUT2D eigenvalue weighted by Crippen LogP contribution is 2.33. The molecule has 2 N–H and O–H groups in total. The van der Waals surface area contributed by atoms with Crippen molar-refractivity contribution in [2.24, 2.45) is 0 Å². The Morgan fingerprint density at radius 1 is 1.09 bits per heavy atom. The lowest BCUT2D eigenvalue weighted by Crippen LogP contribution is -2.28. The van der Waals surface area contributed by atoms with Crippen LogP contribution in [-0.4, -0.2) is 63.8 Å². The van der Waals surface area contributed by atoms with E-state index >= 15 is 0 Å². The Bertz CT molecular complexity index is 1240. The number of methoxy groups -OCH3 is 1. The van der Waals surface area contributed by atoms with Gasteiger partial charge < -0.3 is 24.3 Å². The highest BCUT2D eigenvalue weighted by Gasteiger charge is 2.13. The fraction of sp³-hybridized carbons (Fsp3) is 0.333. The van der Waals surface area contributed by atoms with Gasteiger partial charge in [-0.3, -0.25) is 9.89 Å². The number of aromatic amines is 1. The molecule has 1 atom stereocenters. The first-order chi connectivity index (χ1) is 16.7. The number of nitrogens with zero attached hydrogens (tertiary/aromatic N) is 1. The largest absolute Gasteiger partial charge is 0.488 e. The van der Waals surface area contributed by atoms with Gasteiger partial charge in [0.05, 0.1) is 17.2 Å². The molecule has 0 radical (unpaired) electrons. The monoisotopic (exact) mass is 503 g/mol. The number of benzene rings is 2. The van der Waals surface area contributed by atoms with Crippen LogP contribution >= 0.6 is 0 Å². The lowest BCUT2D eigenvalue weighted by Gasteiger charge is -2.16. The molecule has 11 heteroatoms. The molecule has 0 bridgehead atoms. The number of aromatic nitrogens is 2. The highest BCUT2D eigenvalue weighted by atomic mass is 32.2. The minimum atomic E-state index is -3.31. The van der Waals surface area contributed by atoms with Crippen molar-refractivity contribution < 1.29 is 32.2 Å². The zero-order chi connectivity index (χ0) is 25.4. The van der Waals surface area contributed by atoms with Crippen LogP contribution in [0.1, 0.15) is 13.8 Å². The molecule has 1 aromatic heterocycles. The first kappa shape index (κ1) is 26.0. The molecule has 0 fully saturated rings. The second-order valence-electron chi connectivity index (χ2n) is 7.78. The summed E-state index contributed by atoms with van der Waals surface area (Å²) in [6, 6.07) is 13.1. The summed E-state index contributed by atoms with van der Waals surface area (Å²) in [5.41, 5.74) is 1.33. The maximum Gasteiger partial charge on any atom is 0.257 e. The molecular formula is C24H29N3O7S. The molecule has 2 aromatic carbocycles. The number of carbonyl (C=O) groups excluding carboxylic acids is 1. The van der Waals surface area contributed by atoms with Crippen LogP contribution in [0.3, 0.4) is 0 Å². The van der Waals surface area contributed by atoms with E-state index in [1.165, 1.54) is 12.1 Å². The van der Waals surface area contributed by atoms with Crippen LogP contribution in [0.25, 0.3) is 11.3 Å². The second kappa shape index (κ2) is 11.7. The summed E-state index contributed by atoms with van der Waals surface area (Å²) in [5, 5.41) is 9.65. The Balaban J connectivity index is 1.85. The van der Waals surface area contributed by atoms with Crippen molar-refractivity contribution in [2.75, 3.05) is 33.1 Å². The maximum atomic E-state index is 11.7. The molecule has 0 saturated carbocycles. The fourth-order valence-corrected chi connectivity index (χ4v) is 3.79. The number of amides is 1. The zero-order valence-corrected chi connectivity index (χ0v) is 20.8. The molecule has 0 aliphatic carbocycles. The Morgan fingerprint density at radius 3 is 2.46 bits per heavy atom. The quantitative estimate of drug-likeness (QED) is 0.386. The predicted octanol–water partition coefficient (Wildman–Crippen LogP) is 3.20. The molecule has 1 amide bonds. The normalized spacial score (nSPS) is 12.1. The van der Waals surface area contributed by atoms with E-state index in [2.05, 4.69) is 15.5 Å². The third-order valence-electron chi connectivity index (χ3n) is 4.70. The number of carbonyl (C=O) groups is 1. The number of rotatable bonds is 12. The van der Waals surface area contributed by atoms with Crippen molar-refractivity contribution in [1.82, 2.24) is 15.5 Å². The van der Waals surface area contributed by atoms with Crippen molar-refractivity contribution in [3.8, 4) is 34.4 Å². The first-order valence-electron chi connectivity index (χ1n) is 10.9. The van der Waals surface area contributed by atoms with Gasteiger partial charge in [0.1, 0.15) is 23.4 Å². The van der Waals surface area contributed by atoms with Crippen LogP contribution in [0, 0.1) is 0 Å². The van der Waals surface area contributed by atoms with E-state index in [0.29, 0.717) is 41.7 Å². The van der Waals surface area contributed by atoms with Crippen LogP contribution in [0.5, 0.6) is 23.1 Å². The topological polar surface area (TPSA) is 129 Å². The van der Waals surface area contributed by atoms with Crippen LogP contribution in [0.4, 0.5) is 0 Å². The van der Waals surface area contributed by atoms with E-state index in [9.17, 15) is 13.2 Å². The second-order valence-corrected chi connectivity index (χ2v) is 9.80. The van der Waals surface area contributed by atoms with Crippen LogP contribution in [-0.2, 0) is 19.4 Å². The van der Waals surface area contributed by atoms with E-state index in [4.69, 9.17) is 18.9 Å². The van der Waals surface area contributed by atoms with Crippen molar-refractivity contribution >= 4 is 15.7 Å². The van der Waals surface area contributed by atoms with Gasteiger partial charge in [0.25, 0.3) is 5.91 Å². The molecule has 0 spiro atoms. The van der Waals surface area contributed by atoms with E-state index in [-0.39, 0.29) is 29.4 Å². The van der Waals surface area contributed by atoms with Crippen molar-refractivity contribution in [3.63, 3.8) is 0 Å². The van der Waals surface area contributed by atoms with E-state index in [0.717, 1.165) is 6.26 Å². The molecule has 3 aromatic rings. The molecule has 0 saturated heterocycles. The van der Waals surface area contributed by atoms with Gasteiger partial charge in [-0.25, -0.2) is 8.42 Å². The third-order valence-corrected chi connectivity index (χ3v) is 5.83. The van der Waals surface area contributed by atoms with E-state index in [1.807, 2.05) is 19.9 Å². The molecule has 0 aliphatic heterocycles. The Kier molecular flexibility index (Phi) is 8.72. The van der Waals surface area contributed by atoms with Gasteiger partial charge in [-0.05, 0) is 50.2 Å². The summed E-state index contributed by atoms with van der Waals surface area (Å²) in [4.78, 5) is 11.8. The summed E-state index contributed by atoms with van der Waals surface area (Å²) in [5.74, 6) is 1.49. The number of ether oxygens (including phenoxy) is 4. The minimum Gasteiger partial charge on any atom is -0.488 e. The summed E-state index contributed by atoms with van der Waals surface area (Å²) in [6.45, 7) is 4.47. The van der Waals surface area contributed by atoms with Crippen LogP contribution < -0.4 is 19.5 Å². The van der Waals surface area contributed by atoms with Gasteiger partial charge in [0.15, 0.2) is 16.4 Å². The number of H-pyrrole nitrogens is 1. The van der Waals surface area contributed by atoms with Gasteiger partial charge in [0, 0.05) is 37.6 Å². The maximum absolute atomic E-state index is 11.7. The summed E-state index contributed by atoms with van der Waals surface area (Å²) in [7, 11) is -1.71. The predicted molar refractivity (Wildman–Crippen MR) is 130 cm³/mol. The van der Waals surface area contributed by atoms with Crippen LogP contribution in [0.15, 0.2) is 53.4 Å². The Labute approximate surface area is 204 Å². The average Bonchev–Trinajstić information content (AvgIpc) is 3.27. The molecule has 1 heterocycles. The number of likely N-dealkylation sites (N-methyl/N-ethyl adjacent to an activating group) is 1. The molecule has 10 nitrogen and oxygen atoms in total. The zero-order valence-electron chi connectivity index (χ0n) is 20.0. The minimum absolute atomic E-state index is 0.145. The van der Waals surface area contributed by atoms with Crippen molar-refractivity contribution in [2.45, 2.75) is 24.8 Å². The number of sulfone groups is 1. The summed E-state index contributed by atoms with van der Waals surface area (Å²) >= 11 is 0. The third kappa shape index (κ3) is 7.72. The molecule has 35 heavy (non-hydrogen) atoms. The molecular weight excluding hydrogens is 474 g/mol. The Hall–Kier alpha value is -3.57. The number of hydrogen-bond donors (Lipinski definition) is 2. The number of hydrogen-bond acceptors (Lipinski definition) is 8. The molecule has 0 aliphatic rings. The van der Waals surface area contributed by atoms with E-state index in [1.54, 1.807) is 37.4 Å². The summed E-state index contributed by atoms with van der Waals surface area (Å²) in [6.07, 6.45) is 0.935.